The molecular weight excluding hydrogens is 302 g/mol. The number of hydrogen-bond acceptors (Lipinski definition) is 2. The molecule has 3 nitrogen and oxygen atoms in total. The first-order chi connectivity index (χ1) is 9.13. The molecule has 0 atom stereocenters. The summed E-state index contributed by atoms with van der Waals surface area (Å²) in [6, 6.07) is 8.51. The summed E-state index contributed by atoms with van der Waals surface area (Å²) in [5.41, 5.74) is 4.56. The monoisotopic (exact) mass is 321 g/mol. The molecule has 0 aliphatic carbocycles. The summed E-state index contributed by atoms with van der Waals surface area (Å²) >= 11 is 3.57. The van der Waals surface area contributed by atoms with Crippen LogP contribution in [0.2, 0.25) is 0 Å². The minimum atomic E-state index is 0.905. The average molecular weight is 322 g/mol. The van der Waals surface area contributed by atoms with Crippen LogP contribution in [0.1, 0.15) is 30.3 Å². The van der Waals surface area contributed by atoms with Crippen LogP contribution < -0.4 is 5.32 Å². The molecule has 0 radical (unpaired) electrons. The van der Waals surface area contributed by atoms with E-state index in [0.29, 0.717) is 0 Å². The maximum Gasteiger partial charge on any atom is 0.0743 e. The zero-order valence-electron chi connectivity index (χ0n) is 11.7. The van der Waals surface area contributed by atoms with E-state index in [0.717, 1.165) is 41.1 Å². The Kier molecular flexibility index (Phi) is 4.77. The lowest BCUT2D eigenvalue weighted by molar-refractivity contribution is 0.674. The second kappa shape index (κ2) is 6.35. The molecule has 19 heavy (non-hydrogen) atoms. The molecule has 1 N–H and O–H groups in total. The quantitative estimate of drug-likeness (QED) is 0.850. The molecule has 0 aliphatic heterocycles. The van der Waals surface area contributed by atoms with Crippen LogP contribution >= 0.6 is 15.9 Å². The van der Waals surface area contributed by atoms with Gasteiger partial charge in [0, 0.05) is 6.54 Å². The Morgan fingerprint density at radius 2 is 2.11 bits per heavy atom. The maximum absolute atomic E-state index is 4.57. The summed E-state index contributed by atoms with van der Waals surface area (Å²) < 4.78 is 3.07. The highest BCUT2D eigenvalue weighted by atomic mass is 79.9. The van der Waals surface area contributed by atoms with Gasteiger partial charge < -0.3 is 5.32 Å². The molecule has 2 aromatic rings. The van der Waals surface area contributed by atoms with Gasteiger partial charge in [-0.3, -0.25) is 0 Å². The van der Waals surface area contributed by atoms with Crippen molar-refractivity contribution in [2.75, 3.05) is 6.54 Å². The number of hydrogen-bond donors (Lipinski definition) is 1. The molecule has 4 heteroatoms. The summed E-state index contributed by atoms with van der Waals surface area (Å²) in [5.74, 6) is 0. The van der Waals surface area contributed by atoms with Crippen molar-refractivity contribution in [2.45, 2.75) is 33.7 Å². The third kappa shape index (κ3) is 3.25. The summed E-state index contributed by atoms with van der Waals surface area (Å²) in [7, 11) is 0. The van der Waals surface area contributed by atoms with Crippen LogP contribution in [-0.4, -0.2) is 16.3 Å². The van der Waals surface area contributed by atoms with Gasteiger partial charge in [0.1, 0.15) is 0 Å². The van der Waals surface area contributed by atoms with Gasteiger partial charge in [0.2, 0.25) is 0 Å². The largest absolute Gasteiger partial charge is 0.313 e. The van der Waals surface area contributed by atoms with Crippen LogP contribution in [0, 0.1) is 13.8 Å². The molecule has 0 saturated carbocycles. The lowest BCUT2D eigenvalue weighted by atomic mass is 10.2. The van der Waals surface area contributed by atoms with Crippen LogP contribution in [-0.2, 0) is 6.54 Å². The second-order valence-electron chi connectivity index (χ2n) is 4.74. The van der Waals surface area contributed by atoms with E-state index >= 15 is 0 Å². The van der Waals surface area contributed by atoms with Gasteiger partial charge in [0.25, 0.3) is 0 Å². The van der Waals surface area contributed by atoms with Crippen molar-refractivity contribution in [1.82, 2.24) is 15.1 Å². The topological polar surface area (TPSA) is 29.9 Å². The third-order valence-electron chi connectivity index (χ3n) is 3.11. The molecular formula is C15H20BrN3. The molecule has 2 rings (SSSR count). The molecule has 102 valence electrons. The van der Waals surface area contributed by atoms with Crippen molar-refractivity contribution in [3.63, 3.8) is 0 Å². The van der Waals surface area contributed by atoms with E-state index in [1.54, 1.807) is 0 Å². The van der Waals surface area contributed by atoms with Gasteiger partial charge in [-0.2, -0.15) is 5.10 Å². The van der Waals surface area contributed by atoms with E-state index in [9.17, 15) is 0 Å². The van der Waals surface area contributed by atoms with E-state index in [4.69, 9.17) is 0 Å². The molecule has 1 aromatic heterocycles. The molecule has 0 unspecified atom stereocenters. The van der Waals surface area contributed by atoms with Gasteiger partial charge in [-0.15, -0.1) is 0 Å². The van der Waals surface area contributed by atoms with Crippen molar-refractivity contribution >= 4 is 15.9 Å². The number of benzene rings is 1. The Morgan fingerprint density at radius 3 is 2.74 bits per heavy atom. The van der Waals surface area contributed by atoms with Crippen molar-refractivity contribution in [3.05, 3.63) is 45.7 Å². The van der Waals surface area contributed by atoms with Crippen LogP contribution in [0.4, 0.5) is 0 Å². The van der Waals surface area contributed by atoms with E-state index in [1.807, 2.05) is 11.6 Å². The predicted molar refractivity (Wildman–Crippen MR) is 82.7 cm³/mol. The van der Waals surface area contributed by atoms with Crippen molar-refractivity contribution in [2.24, 2.45) is 0 Å². The van der Waals surface area contributed by atoms with Gasteiger partial charge in [0.15, 0.2) is 0 Å². The first kappa shape index (κ1) is 14.3. The van der Waals surface area contributed by atoms with Gasteiger partial charge in [-0.25, -0.2) is 4.68 Å². The van der Waals surface area contributed by atoms with E-state index in [-0.39, 0.29) is 0 Å². The van der Waals surface area contributed by atoms with Gasteiger partial charge >= 0.3 is 0 Å². The predicted octanol–water partition coefficient (Wildman–Crippen LogP) is 3.75. The highest BCUT2D eigenvalue weighted by molar-refractivity contribution is 9.10. The molecule has 0 spiro atoms. The number of halogens is 1. The van der Waals surface area contributed by atoms with Crippen LogP contribution in [0.3, 0.4) is 0 Å². The Morgan fingerprint density at radius 1 is 1.32 bits per heavy atom. The van der Waals surface area contributed by atoms with Crippen LogP contribution in [0.25, 0.3) is 5.69 Å². The van der Waals surface area contributed by atoms with Gasteiger partial charge in [-0.1, -0.05) is 19.1 Å². The number of aryl methyl sites for hydroxylation is 1. The zero-order valence-corrected chi connectivity index (χ0v) is 13.3. The lowest BCUT2D eigenvalue weighted by Gasteiger charge is -2.08. The molecule has 0 fully saturated rings. The second-order valence-corrected chi connectivity index (χ2v) is 5.54. The Hall–Kier alpha value is -1.13. The van der Waals surface area contributed by atoms with Crippen molar-refractivity contribution in [1.29, 1.82) is 0 Å². The molecule has 0 saturated heterocycles. The fourth-order valence-electron chi connectivity index (χ4n) is 2.08. The first-order valence-corrected chi connectivity index (χ1v) is 7.44. The minimum Gasteiger partial charge on any atom is -0.313 e. The summed E-state index contributed by atoms with van der Waals surface area (Å²) in [6.07, 6.45) is 1.16. The molecule has 0 aliphatic rings. The minimum absolute atomic E-state index is 0.905. The first-order valence-electron chi connectivity index (χ1n) is 6.65. The van der Waals surface area contributed by atoms with E-state index < -0.39 is 0 Å². The number of rotatable bonds is 5. The standard InChI is InChI=1S/C15H20BrN3/c1-4-8-17-10-13-6-5-7-14(9-13)19-12(3)15(16)11(2)18-19/h5-7,9,17H,4,8,10H2,1-3H3. The maximum atomic E-state index is 4.57. The fourth-order valence-corrected chi connectivity index (χ4v) is 2.33. The SMILES string of the molecule is CCCNCc1cccc(-n2nc(C)c(Br)c2C)c1. The summed E-state index contributed by atoms with van der Waals surface area (Å²) in [5, 5.41) is 7.99. The number of aromatic nitrogens is 2. The normalized spacial score (nSPS) is 10.9. The lowest BCUT2D eigenvalue weighted by Crippen LogP contribution is -2.14. The Balaban J connectivity index is 2.25. The van der Waals surface area contributed by atoms with Gasteiger partial charge in [0.05, 0.1) is 21.5 Å². The van der Waals surface area contributed by atoms with Crippen molar-refractivity contribution < 1.29 is 0 Å². The molecule has 1 heterocycles. The van der Waals surface area contributed by atoms with Crippen LogP contribution in [0.5, 0.6) is 0 Å². The highest BCUT2D eigenvalue weighted by Crippen LogP contribution is 2.23. The Bertz CT molecular complexity index is 561. The number of nitrogens with zero attached hydrogens (tertiary/aromatic N) is 2. The molecule has 1 aromatic carbocycles. The van der Waals surface area contributed by atoms with E-state index in [1.165, 1.54) is 5.56 Å². The fraction of sp³-hybridized carbons (Fsp3) is 0.400. The van der Waals surface area contributed by atoms with Crippen LogP contribution in [0.15, 0.2) is 28.7 Å². The van der Waals surface area contributed by atoms with Crippen molar-refractivity contribution in [3.8, 4) is 5.69 Å². The average Bonchev–Trinajstić information content (AvgIpc) is 2.67. The van der Waals surface area contributed by atoms with Gasteiger partial charge in [-0.05, 0) is 60.4 Å². The summed E-state index contributed by atoms with van der Waals surface area (Å²) in [4.78, 5) is 0. The molecule has 0 amide bonds. The number of nitrogens with one attached hydrogen (secondary N) is 1. The zero-order chi connectivity index (χ0) is 13.8. The third-order valence-corrected chi connectivity index (χ3v) is 4.26. The summed E-state index contributed by atoms with van der Waals surface area (Å²) in [6.45, 7) is 8.22. The van der Waals surface area contributed by atoms with E-state index in [2.05, 4.69) is 64.5 Å². The Labute approximate surface area is 123 Å². The highest BCUT2D eigenvalue weighted by Gasteiger charge is 2.10. The molecule has 0 bridgehead atoms. The smallest absolute Gasteiger partial charge is 0.0743 e.